The Kier molecular flexibility index (Phi) is 7.48. The van der Waals surface area contributed by atoms with Gasteiger partial charge in [-0.05, 0) is 26.3 Å². The molecule has 0 heterocycles. The molecular weight excluding hydrogens is 178 g/mol. The largest absolute Gasteiger partial charge is 0.480 e. The van der Waals surface area contributed by atoms with Gasteiger partial charge in [0.15, 0.2) is 0 Å². The zero-order valence-corrected chi connectivity index (χ0v) is 9.62. The zero-order valence-electron chi connectivity index (χ0n) is 9.62. The van der Waals surface area contributed by atoms with E-state index in [0.29, 0.717) is 6.04 Å². The van der Waals surface area contributed by atoms with E-state index in [-0.39, 0.29) is 6.54 Å². The van der Waals surface area contributed by atoms with Crippen molar-refractivity contribution in [3.8, 4) is 0 Å². The highest BCUT2D eigenvalue weighted by molar-refractivity contribution is 5.69. The first-order chi connectivity index (χ1) is 6.61. The van der Waals surface area contributed by atoms with E-state index in [1.807, 2.05) is 0 Å². The number of unbranched alkanes of at least 4 members (excludes halogenated alkanes) is 2. The first-order valence-corrected chi connectivity index (χ1v) is 5.57. The minimum absolute atomic E-state index is 0.179. The lowest BCUT2D eigenvalue weighted by atomic mass is 10.2. The van der Waals surface area contributed by atoms with Gasteiger partial charge in [-0.25, -0.2) is 0 Å². The Hall–Kier alpha value is -0.570. The Morgan fingerprint density at radius 1 is 1.36 bits per heavy atom. The molecule has 0 amide bonds. The van der Waals surface area contributed by atoms with Gasteiger partial charge in [0.05, 0.1) is 6.54 Å². The summed E-state index contributed by atoms with van der Waals surface area (Å²) in [5, 5.41) is 8.74. The van der Waals surface area contributed by atoms with Crippen molar-refractivity contribution in [1.82, 2.24) is 4.90 Å². The number of nitrogens with zero attached hydrogens (tertiary/aromatic N) is 1. The highest BCUT2D eigenvalue weighted by Crippen LogP contribution is 2.06. The second-order valence-corrected chi connectivity index (χ2v) is 3.83. The average Bonchev–Trinajstić information content (AvgIpc) is 2.15. The summed E-state index contributed by atoms with van der Waals surface area (Å²) in [6.07, 6.45) is 4.49. The SMILES string of the molecule is CCCCCN(CC(=O)O)C(C)CC. The maximum atomic E-state index is 10.6. The first kappa shape index (κ1) is 13.4. The number of carboxylic acids is 1. The van der Waals surface area contributed by atoms with Crippen LogP contribution in [0.1, 0.15) is 46.5 Å². The van der Waals surface area contributed by atoms with Gasteiger partial charge in [-0.15, -0.1) is 0 Å². The Labute approximate surface area is 87.1 Å². The summed E-state index contributed by atoms with van der Waals surface area (Å²) < 4.78 is 0. The minimum atomic E-state index is -0.721. The lowest BCUT2D eigenvalue weighted by Gasteiger charge is -2.26. The summed E-state index contributed by atoms with van der Waals surface area (Å²) in [4.78, 5) is 12.7. The molecule has 0 aliphatic rings. The Balaban J connectivity index is 3.90. The van der Waals surface area contributed by atoms with Gasteiger partial charge < -0.3 is 5.11 Å². The quantitative estimate of drug-likeness (QED) is 0.613. The lowest BCUT2D eigenvalue weighted by molar-refractivity contribution is -0.138. The van der Waals surface area contributed by atoms with Crippen molar-refractivity contribution in [2.75, 3.05) is 13.1 Å². The highest BCUT2D eigenvalue weighted by Gasteiger charge is 2.14. The molecule has 0 saturated heterocycles. The summed E-state index contributed by atoms with van der Waals surface area (Å²) in [5.41, 5.74) is 0. The third-order valence-corrected chi connectivity index (χ3v) is 2.60. The van der Waals surface area contributed by atoms with Crippen LogP contribution < -0.4 is 0 Å². The number of aliphatic carboxylic acids is 1. The van der Waals surface area contributed by atoms with E-state index >= 15 is 0 Å². The van der Waals surface area contributed by atoms with Gasteiger partial charge in [0.1, 0.15) is 0 Å². The maximum absolute atomic E-state index is 10.6. The van der Waals surface area contributed by atoms with E-state index in [9.17, 15) is 4.79 Å². The predicted molar refractivity (Wildman–Crippen MR) is 58.5 cm³/mol. The van der Waals surface area contributed by atoms with Gasteiger partial charge in [0.2, 0.25) is 0 Å². The molecule has 1 atom stereocenters. The fourth-order valence-corrected chi connectivity index (χ4v) is 1.45. The molecule has 0 fully saturated rings. The average molecular weight is 201 g/mol. The van der Waals surface area contributed by atoms with Gasteiger partial charge in [-0.2, -0.15) is 0 Å². The van der Waals surface area contributed by atoms with Gasteiger partial charge in [-0.3, -0.25) is 9.69 Å². The van der Waals surface area contributed by atoms with Crippen LogP contribution >= 0.6 is 0 Å². The van der Waals surface area contributed by atoms with Crippen molar-refractivity contribution in [3.05, 3.63) is 0 Å². The normalized spacial score (nSPS) is 13.1. The molecular formula is C11H23NO2. The Bertz CT molecular complexity index is 159. The van der Waals surface area contributed by atoms with Crippen LogP contribution in [0.4, 0.5) is 0 Å². The fraction of sp³-hybridized carbons (Fsp3) is 0.909. The van der Waals surface area contributed by atoms with Gasteiger partial charge in [0, 0.05) is 6.04 Å². The molecule has 0 aliphatic heterocycles. The number of rotatable bonds is 8. The second-order valence-electron chi connectivity index (χ2n) is 3.83. The van der Waals surface area contributed by atoms with Crippen molar-refractivity contribution in [1.29, 1.82) is 0 Å². The van der Waals surface area contributed by atoms with Crippen molar-refractivity contribution >= 4 is 5.97 Å². The van der Waals surface area contributed by atoms with E-state index in [0.717, 1.165) is 19.4 Å². The van der Waals surface area contributed by atoms with Crippen LogP contribution in [0.2, 0.25) is 0 Å². The molecule has 84 valence electrons. The molecule has 0 saturated carbocycles. The molecule has 0 aromatic rings. The number of carbonyl (C=O) groups is 1. The van der Waals surface area contributed by atoms with Crippen LogP contribution in [-0.4, -0.2) is 35.1 Å². The summed E-state index contributed by atoms with van der Waals surface area (Å²) in [6.45, 7) is 7.44. The molecule has 0 radical (unpaired) electrons. The van der Waals surface area contributed by atoms with Crippen molar-refractivity contribution in [3.63, 3.8) is 0 Å². The van der Waals surface area contributed by atoms with Crippen LogP contribution in [0.15, 0.2) is 0 Å². The molecule has 3 heteroatoms. The van der Waals surface area contributed by atoms with Crippen molar-refractivity contribution in [2.45, 2.75) is 52.5 Å². The number of carboxylic acid groups (broad SMARTS) is 1. The van der Waals surface area contributed by atoms with E-state index in [1.165, 1.54) is 12.8 Å². The topological polar surface area (TPSA) is 40.5 Å². The lowest BCUT2D eigenvalue weighted by Crippen LogP contribution is -2.37. The summed E-state index contributed by atoms with van der Waals surface area (Å²) in [7, 11) is 0. The van der Waals surface area contributed by atoms with Crippen LogP contribution in [0.3, 0.4) is 0 Å². The van der Waals surface area contributed by atoms with Gasteiger partial charge >= 0.3 is 5.97 Å². The van der Waals surface area contributed by atoms with Crippen molar-refractivity contribution < 1.29 is 9.90 Å². The fourth-order valence-electron chi connectivity index (χ4n) is 1.45. The molecule has 0 aromatic heterocycles. The van der Waals surface area contributed by atoms with E-state index in [4.69, 9.17) is 5.11 Å². The van der Waals surface area contributed by atoms with Gasteiger partial charge in [0.25, 0.3) is 0 Å². The monoisotopic (exact) mass is 201 g/mol. The first-order valence-electron chi connectivity index (χ1n) is 5.57. The maximum Gasteiger partial charge on any atom is 0.317 e. The molecule has 1 N–H and O–H groups in total. The van der Waals surface area contributed by atoms with Crippen LogP contribution in [-0.2, 0) is 4.79 Å². The summed E-state index contributed by atoms with van der Waals surface area (Å²) >= 11 is 0. The highest BCUT2D eigenvalue weighted by atomic mass is 16.4. The van der Waals surface area contributed by atoms with Gasteiger partial charge in [-0.1, -0.05) is 26.7 Å². The molecule has 14 heavy (non-hydrogen) atoms. The molecule has 1 unspecified atom stereocenters. The molecule has 0 bridgehead atoms. The third kappa shape index (κ3) is 5.97. The van der Waals surface area contributed by atoms with Crippen molar-refractivity contribution in [2.24, 2.45) is 0 Å². The number of hydrogen-bond acceptors (Lipinski definition) is 2. The van der Waals surface area contributed by atoms with Crippen LogP contribution in [0.5, 0.6) is 0 Å². The summed E-state index contributed by atoms with van der Waals surface area (Å²) in [6, 6.07) is 0.378. The minimum Gasteiger partial charge on any atom is -0.480 e. The smallest absolute Gasteiger partial charge is 0.317 e. The Morgan fingerprint density at radius 3 is 2.43 bits per heavy atom. The molecule has 3 nitrogen and oxygen atoms in total. The molecule has 0 spiro atoms. The number of hydrogen-bond donors (Lipinski definition) is 1. The standard InChI is InChI=1S/C11H23NO2/c1-4-6-7-8-12(9-11(13)14)10(3)5-2/h10H,4-9H2,1-3H3,(H,13,14). The van der Waals surface area contributed by atoms with E-state index in [1.54, 1.807) is 0 Å². The molecule has 0 rings (SSSR count). The third-order valence-electron chi connectivity index (χ3n) is 2.60. The van der Waals surface area contributed by atoms with Crippen LogP contribution in [0, 0.1) is 0 Å². The van der Waals surface area contributed by atoms with E-state index < -0.39 is 5.97 Å². The molecule has 0 aromatic carbocycles. The zero-order chi connectivity index (χ0) is 11.0. The van der Waals surface area contributed by atoms with Crippen LogP contribution in [0.25, 0.3) is 0 Å². The molecule has 0 aliphatic carbocycles. The summed E-state index contributed by atoms with van der Waals surface area (Å²) in [5.74, 6) is -0.721. The second kappa shape index (κ2) is 7.80. The van der Waals surface area contributed by atoms with E-state index in [2.05, 4.69) is 25.7 Å². The Morgan fingerprint density at radius 2 is 2.00 bits per heavy atom. The predicted octanol–water partition coefficient (Wildman–Crippen LogP) is 2.36.